The van der Waals surface area contributed by atoms with Gasteiger partial charge in [0.25, 0.3) is 5.56 Å². The third-order valence-electron chi connectivity index (χ3n) is 2.78. The Morgan fingerprint density at radius 3 is 2.69 bits per heavy atom. The summed E-state index contributed by atoms with van der Waals surface area (Å²) in [4.78, 5) is 13.7. The van der Waals surface area contributed by atoms with Crippen LogP contribution in [0.15, 0.2) is 17.1 Å². The highest BCUT2D eigenvalue weighted by Gasteiger charge is 2.17. The van der Waals surface area contributed by atoms with E-state index in [1.165, 1.54) is 31.2 Å². The Morgan fingerprint density at radius 1 is 1.38 bits per heavy atom. The first-order valence-electron chi connectivity index (χ1n) is 4.75. The summed E-state index contributed by atoms with van der Waals surface area (Å²) in [5, 5.41) is 0. The Labute approximate surface area is 77.0 Å². The minimum Gasteiger partial charge on any atom is -0.394 e. The maximum absolute atomic E-state index is 11.0. The van der Waals surface area contributed by atoms with Gasteiger partial charge in [-0.15, -0.1) is 0 Å². The molecular formula is C10H14N2O. The molecule has 0 amide bonds. The van der Waals surface area contributed by atoms with Gasteiger partial charge in [0.2, 0.25) is 0 Å². The molecule has 1 aromatic rings. The highest BCUT2D eigenvalue weighted by molar-refractivity contribution is 5.38. The standard InChI is InChI=1S/C10H14N2O/c11-9-5-8(6-12-10(9)13)7-3-1-2-4-7/h5-7H,1-4,11H2,(H,12,13). The molecule has 1 saturated carbocycles. The van der Waals surface area contributed by atoms with Crippen molar-refractivity contribution in [3.05, 3.63) is 28.2 Å². The summed E-state index contributed by atoms with van der Waals surface area (Å²) in [5.41, 5.74) is 6.89. The third kappa shape index (κ3) is 1.59. The van der Waals surface area contributed by atoms with E-state index in [4.69, 9.17) is 5.73 Å². The van der Waals surface area contributed by atoms with Gasteiger partial charge < -0.3 is 10.7 Å². The number of nitrogens with two attached hydrogens (primary N) is 1. The first kappa shape index (κ1) is 8.35. The monoisotopic (exact) mass is 178 g/mol. The second-order valence-electron chi connectivity index (χ2n) is 3.70. The molecule has 1 aromatic heterocycles. The van der Waals surface area contributed by atoms with Gasteiger partial charge in [0.15, 0.2) is 0 Å². The van der Waals surface area contributed by atoms with E-state index in [9.17, 15) is 4.79 Å². The van der Waals surface area contributed by atoms with Gasteiger partial charge in [0.05, 0.1) is 5.69 Å². The number of H-pyrrole nitrogens is 1. The molecule has 0 aliphatic heterocycles. The summed E-state index contributed by atoms with van der Waals surface area (Å²) >= 11 is 0. The zero-order valence-corrected chi connectivity index (χ0v) is 7.55. The van der Waals surface area contributed by atoms with Crippen molar-refractivity contribution in [1.29, 1.82) is 0 Å². The summed E-state index contributed by atoms with van der Waals surface area (Å²) in [5.74, 6) is 0.610. The van der Waals surface area contributed by atoms with Crippen molar-refractivity contribution < 1.29 is 0 Å². The highest BCUT2D eigenvalue weighted by atomic mass is 16.1. The minimum atomic E-state index is -0.179. The van der Waals surface area contributed by atoms with Crippen molar-refractivity contribution in [3.8, 4) is 0 Å². The van der Waals surface area contributed by atoms with Gasteiger partial charge in [-0.3, -0.25) is 4.79 Å². The molecular weight excluding hydrogens is 164 g/mol. The lowest BCUT2D eigenvalue weighted by atomic mass is 9.99. The van der Waals surface area contributed by atoms with Crippen molar-refractivity contribution in [3.63, 3.8) is 0 Å². The molecule has 0 aromatic carbocycles. The van der Waals surface area contributed by atoms with Gasteiger partial charge in [-0.25, -0.2) is 0 Å². The number of aromatic amines is 1. The number of nitrogen functional groups attached to an aromatic ring is 1. The van der Waals surface area contributed by atoms with E-state index in [1.807, 2.05) is 6.07 Å². The van der Waals surface area contributed by atoms with Crippen LogP contribution in [0.25, 0.3) is 0 Å². The molecule has 0 radical (unpaired) electrons. The van der Waals surface area contributed by atoms with Crippen molar-refractivity contribution >= 4 is 5.69 Å². The zero-order valence-electron chi connectivity index (χ0n) is 7.55. The van der Waals surface area contributed by atoms with Crippen LogP contribution in [0.5, 0.6) is 0 Å². The number of rotatable bonds is 1. The normalized spacial score (nSPS) is 17.8. The largest absolute Gasteiger partial charge is 0.394 e. The Hall–Kier alpha value is -1.25. The van der Waals surface area contributed by atoms with Crippen molar-refractivity contribution in [2.24, 2.45) is 0 Å². The number of aromatic nitrogens is 1. The minimum absolute atomic E-state index is 0.179. The highest BCUT2D eigenvalue weighted by Crippen LogP contribution is 2.33. The van der Waals surface area contributed by atoms with Gasteiger partial charge in [-0.2, -0.15) is 0 Å². The molecule has 0 bridgehead atoms. The Morgan fingerprint density at radius 2 is 2.08 bits per heavy atom. The van der Waals surface area contributed by atoms with E-state index in [0.717, 1.165) is 0 Å². The third-order valence-corrected chi connectivity index (χ3v) is 2.78. The SMILES string of the molecule is Nc1cc(C2CCCC2)c[nH]c1=O. The van der Waals surface area contributed by atoms with Crippen LogP contribution in [0.2, 0.25) is 0 Å². The number of anilines is 1. The molecule has 2 rings (SSSR count). The molecule has 3 N–H and O–H groups in total. The van der Waals surface area contributed by atoms with E-state index < -0.39 is 0 Å². The first-order chi connectivity index (χ1) is 6.27. The van der Waals surface area contributed by atoms with Crippen molar-refractivity contribution in [1.82, 2.24) is 4.98 Å². The van der Waals surface area contributed by atoms with Gasteiger partial charge >= 0.3 is 0 Å². The fraction of sp³-hybridized carbons (Fsp3) is 0.500. The molecule has 13 heavy (non-hydrogen) atoms. The Kier molecular flexibility index (Phi) is 2.08. The fourth-order valence-electron chi connectivity index (χ4n) is 2.01. The summed E-state index contributed by atoms with van der Waals surface area (Å²) in [6, 6.07) is 1.81. The molecule has 1 fully saturated rings. The summed E-state index contributed by atoms with van der Waals surface area (Å²) in [6.45, 7) is 0. The lowest BCUT2D eigenvalue weighted by molar-refractivity contribution is 0.719. The fourth-order valence-corrected chi connectivity index (χ4v) is 2.01. The predicted octanol–water partition coefficient (Wildman–Crippen LogP) is 1.61. The summed E-state index contributed by atoms with van der Waals surface area (Å²) in [6.07, 6.45) is 6.85. The second kappa shape index (κ2) is 3.24. The lowest BCUT2D eigenvalue weighted by Crippen LogP contribution is -2.12. The van der Waals surface area contributed by atoms with Crippen LogP contribution < -0.4 is 11.3 Å². The predicted molar refractivity (Wildman–Crippen MR) is 52.7 cm³/mol. The molecule has 70 valence electrons. The topological polar surface area (TPSA) is 58.9 Å². The van der Waals surface area contributed by atoms with E-state index in [-0.39, 0.29) is 5.56 Å². The van der Waals surface area contributed by atoms with Gasteiger partial charge in [-0.1, -0.05) is 12.8 Å². The van der Waals surface area contributed by atoms with Crippen molar-refractivity contribution in [2.75, 3.05) is 5.73 Å². The Balaban J connectivity index is 2.30. The number of hydrogen-bond acceptors (Lipinski definition) is 2. The molecule has 1 heterocycles. The van der Waals surface area contributed by atoms with Crippen LogP contribution in [0.1, 0.15) is 37.2 Å². The van der Waals surface area contributed by atoms with Gasteiger partial charge in [-0.05, 0) is 30.4 Å². The van der Waals surface area contributed by atoms with Crippen LogP contribution in [0.4, 0.5) is 5.69 Å². The number of pyridine rings is 1. The lowest BCUT2D eigenvalue weighted by Gasteiger charge is -2.08. The van der Waals surface area contributed by atoms with Crippen LogP contribution in [0, 0.1) is 0 Å². The molecule has 0 spiro atoms. The van der Waals surface area contributed by atoms with Crippen LogP contribution in [-0.4, -0.2) is 4.98 Å². The summed E-state index contributed by atoms with van der Waals surface area (Å²) in [7, 11) is 0. The number of hydrogen-bond donors (Lipinski definition) is 2. The van der Waals surface area contributed by atoms with Crippen LogP contribution >= 0.6 is 0 Å². The molecule has 0 unspecified atom stereocenters. The molecule has 0 saturated heterocycles. The Bertz CT molecular complexity index is 350. The maximum atomic E-state index is 11.0. The average molecular weight is 178 g/mol. The zero-order chi connectivity index (χ0) is 9.26. The average Bonchev–Trinajstić information content (AvgIpc) is 2.62. The van der Waals surface area contributed by atoms with E-state index >= 15 is 0 Å². The van der Waals surface area contributed by atoms with E-state index in [2.05, 4.69) is 4.98 Å². The van der Waals surface area contributed by atoms with Crippen LogP contribution in [0.3, 0.4) is 0 Å². The molecule has 3 nitrogen and oxygen atoms in total. The first-order valence-corrected chi connectivity index (χ1v) is 4.75. The smallest absolute Gasteiger partial charge is 0.271 e. The van der Waals surface area contributed by atoms with E-state index in [1.54, 1.807) is 6.20 Å². The summed E-state index contributed by atoms with van der Waals surface area (Å²) < 4.78 is 0. The number of nitrogens with one attached hydrogen (secondary N) is 1. The van der Waals surface area contributed by atoms with Crippen molar-refractivity contribution in [2.45, 2.75) is 31.6 Å². The van der Waals surface area contributed by atoms with Crippen LogP contribution in [-0.2, 0) is 0 Å². The molecule has 0 atom stereocenters. The van der Waals surface area contributed by atoms with Gasteiger partial charge in [0, 0.05) is 6.20 Å². The molecule has 1 aliphatic rings. The van der Waals surface area contributed by atoms with E-state index in [0.29, 0.717) is 11.6 Å². The molecule has 1 aliphatic carbocycles. The maximum Gasteiger partial charge on any atom is 0.271 e. The quantitative estimate of drug-likeness (QED) is 0.686. The van der Waals surface area contributed by atoms with Gasteiger partial charge in [0.1, 0.15) is 0 Å². The second-order valence-corrected chi connectivity index (χ2v) is 3.70. The molecule has 3 heteroatoms.